The quantitative estimate of drug-likeness (QED) is 0.569. The number of likely N-dealkylation sites (N-methyl/N-ethyl adjacent to an activating group) is 1. The van der Waals surface area contributed by atoms with Gasteiger partial charge in [0.05, 0.1) is 6.10 Å². The van der Waals surface area contributed by atoms with Gasteiger partial charge in [-0.25, -0.2) is 0 Å². The van der Waals surface area contributed by atoms with Gasteiger partial charge in [-0.3, -0.25) is 0 Å². The van der Waals surface area contributed by atoms with E-state index in [1.165, 1.54) is 13.0 Å². The Morgan fingerprint density at radius 1 is 1.27 bits per heavy atom. The number of hydrogen-bond donors (Lipinski definition) is 1. The highest BCUT2D eigenvalue weighted by molar-refractivity contribution is 4.96. The minimum absolute atomic E-state index is 0.0197. The largest absolute Gasteiger partial charge is 0.391 e. The Bertz CT molecular complexity index is 115. The van der Waals surface area contributed by atoms with E-state index < -0.39 is 0 Å². The summed E-state index contributed by atoms with van der Waals surface area (Å²) in [6.45, 7) is 5.21. The van der Waals surface area contributed by atoms with Crippen LogP contribution >= 0.6 is 0 Å². The van der Waals surface area contributed by atoms with Crippen LogP contribution in [0.15, 0.2) is 0 Å². The normalized spacial score (nSPS) is 42.0. The first kappa shape index (κ1) is 9.01. The second-order valence-corrected chi connectivity index (χ2v) is 3.41. The highest BCUT2D eigenvalue weighted by Crippen LogP contribution is 2.36. The van der Waals surface area contributed by atoms with Crippen LogP contribution in [-0.2, 0) is 0 Å². The molecule has 1 saturated heterocycles. The van der Waals surface area contributed by atoms with E-state index in [4.69, 9.17) is 0 Å². The SMILES string of the molecule is CC.CN1CC2CC(O)C1C2. The first-order valence-corrected chi connectivity index (χ1v) is 4.65. The molecule has 0 aromatic rings. The van der Waals surface area contributed by atoms with Crippen LogP contribution in [0, 0.1) is 5.92 Å². The minimum Gasteiger partial charge on any atom is -0.391 e. The molecule has 3 unspecified atom stereocenters. The summed E-state index contributed by atoms with van der Waals surface area (Å²) < 4.78 is 0. The predicted octanol–water partition coefficient (Wildman–Crippen LogP) is 1.10. The van der Waals surface area contributed by atoms with Gasteiger partial charge in [0.15, 0.2) is 0 Å². The summed E-state index contributed by atoms with van der Waals surface area (Å²) in [5.74, 6) is 0.801. The maximum absolute atomic E-state index is 9.35. The van der Waals surface area contributed by atoms with Crippen LogP contribution in [0.5, 0.6) is 0 Å². The van der Waals surface area contributed by atoms with Crippen LogP contribution in [0.1, 0.15) is 26.7 Å². The summed E-state index contributed by atoms with van der Waals surface area (Å²) in [6, 6.07) is 0.495. The van der Waals surface area contributed by atoms with Gasteiger partial charge in [-0.1, -0.05) is 13.8 Å². The van der Waals surface area contributed by atoms with Crippen molar-refractivity contribution < 1.29 is 5.11 Å². The van der Waals surface area contributed by atoms with Crippen molar-refractivity contribution in [1.82, 2.24) is 4.90 Å². The second-order valence-electron chi connectivity index (χ2n) is 3.41. The van der Waals surface area contributed by atoms with E-state index in [0.29, 0.717) is 6.04 Å². The number of aliphatic hydroxyl groups excluding tert-OH is 1. The topological polar surface area (TPSA) is 23.5 Å². The molecule has 0 aromatic heterocycles. The zero-order valence-corrected chi connectivity index (χ0v) is 7.75. The Balaban J connectivity index is 0.000000281. The van der Waals surface area contributed by atoms with Gasteiger partial charge in [0.25, 0.3) is 0 Å². The lowest BCUT2D eigenvalue weighted by atomic mass is 10.1. The Morgan fingerprint density at radius 3 is 2.18 bits per heavy atom. The highest BCUT2D eigenvalue weighted by atomic mass is 16.3. The van der Waals surface area contributed by atoms with Crippen LogP contribution < -0.4 is 0 Å². The maximum atomic E-state index is 9.35. The first-order valence-electron chi connectivity index (χ1n) is 4.65. The number of rotatable bonds is 0. The fourth-order valence-corrected chi connectivity index (χ4v) is 2.26. The molecule has 2 rings (SSSR count). The zero-order valence-electron chi connectivity index (χ0n) is 7.75. The Hall–Kier alpha value is -0.0800. The molecule has 2 nitrogen and oxygen atoms in total. The maximum Gasteiger partial charge on any atom is 0.0698 e. The molecule has 1 heterocycles. The van der Waals surface area contributed by atoms with Gasteiger partial charge in [0, 0.05) is 12.6 Å². The third kappa shape index (κ3) is 1.57. The van der Waals surface area contributed by atoms with E-state index in [1.807, 2.05) is 13.8 Å². The standard InChI is InChI=1S/C7H13NO.C2H6/c1-8-4-5-2-6(8)7(9)3-5;1-2/h5-7,9H,2-4H2,1H3;1-2H3. The number of hydrogen-bond acceptors (Lipinski definition) is 2. The molecule has 1 aliphatic heterocycles. The molecule has 2 aliphatic rings. The summed E-state index contributed by atoms with van der Waals surface area (Å²) in [6.07, 6.45) is 2.26. The van der Waals surface area contributed by atoms with Crippen LogP contribution in [-0.4, -0.2) is 35.7 Å². The van der Waals surface area contributed by atoms with Crippen LogP contribution in [0.25, 0.3) is 0 Å². The summed E-state index contributed by atoms with van der Waals surface area (Å²) in [5.41, 5.74) is 0. The summed E-state index contributed by atoms with van der Waals surface area (Å²) in [7, 11) is 2.10. The third-order valence-electron chi connectivity index (χ3n) is 2.71. The lowest BCUT2D eigenvalue weighted by molar-refractivity contribution is 0.0714. The molecule has 1 aliphatic carbocycles. The lowest BCUT2D eigenvalue weighted by Crippen LogP contribution is -2.37. The number of fused-ring (bicyclic) bond motifs is 2. The molecule has 2 fully saturated rings. The average Bonchev–Trinajstić information content (AvgIpc) is 2.49. The number of likely N-dealkylation sites (tertiary alicyclic amines) is 1. The molecule has 1 N–H and O–H groups in total. The number of nitrogens with zero attached hydrogens (tertiary/aromatic N) is 1. The van der Waals surface area contributed by atoms with Crippen molar-refractivity contribution in [3.63, 3.8) is 0 Å². The van der Waals surface area contributed by atoms with Crippen molar-refractivity contribution in [3.8, 4) is 0 Å². The monoisotopic (exact) mass is 157 g/mol. The fourth-order valence-electron chi connectivity index (χ4n) is 2.26. The highest BCUT2D eigenvalue weighted by Gasteiger charge is 2.41. The molecule has 0 radical (unpaired) electrons. The molecule has 2 heteroatoms. The van der Waals surface area contributed by atoms with Gasteiger partial charge >= 0.3 is 0 Å². The predicted molar refractivity (Wildman–Crippen MR) is 46.5 cm³/mol. The molecule has 1 saturated carbocycles. The van der Waals surface area contributed by atoms with Crippen LogP contribution in [0.3, 0.4) is 0 Å². The molecule has 0 aromatic carbocycles. The second kappa shape index (κ2) is 3.55. The van der Waals surface area contributed by atoms with Crippen LogP contribution in [0.4, 0.5) is 0 Å². The van der Waals surface area contributed by atoms with E-state index in [0.717, 1.165) is 12.3 Å². The van der Waals surface area contributed by atoms with E-state index in [9.17, 15) is 5.11 Å². The molecular weight excluding hydrogens is 138 g/mol. The summed E-state index contributed by atoms with van der Waals surface area (Å²) in [5, 5.41) is 9.35. The van der Waals surface area contributed by atoms with Gasteiger partial charge in [-0.05, 0) is 25.8 Å². The Morgan fingerprint density at radius 2 is 1.91 bits per heavy atom. The lowest BCUT2D eigenvalue weighted by Gasteiger charge is -2.25. The smallest absolute Gasteiger partial charge is 0.0698 e. The van der Waals surface area contributed by atoms with Crippen LogP contribution in [0.2, 0.25) is 0 Å². The van der Waals surface area contributed by atoms with Gasteiger partial charge in [0.1, 0.15) is 0 Å². The van der Waals surface area contributed by atoms with Crippen molar-refractivity contribution in [2.45, 2.75) is 38.8 Å². The Labute approximate surface area is 69.2 Å². The minimum atomic E-state index is -0.0197. The number of aliphatic hydroxyl groups is 1. The molecular formula is C9H19NO. The van der Waals surface area contributed by atoms with Gasteiger partial charge in [0.2, 0.25) is 0 Å². The first-order chi connectivity index (χ1) is 5.27. The van der Waals surface area contributed by atoms with Crippen molar-refractivity contribution in [2.24, 2.45) is 5.92 Å². The molecule has 66 valence electrons. The molecule has 0 amide bonds. The van der Waals surface area contributed by atoms with Gasteiger partial charge in [-0.15, -0.1) is 0 Å². The van der Waals surface area contributed by atoms with E-state index in [1.54, 1.807) is 0 Å². The summed E-state index contributed by atoms with van der Waals surface area (Å²) >= 11 is 0. The molecule has 3 atom stereocenters. The van der Waals surface area contributed by atoms with Gasteiger partial charge in [-0.2, -0.15) is 0 Å². The van der Waals surface area contributed by atoms with Crippen molar-refractivity contribution in [1.29, 1.82) is 0 Å². The average molecular weight is 157 g/mol. The zero-order chi connectivity index (χ0) is 8.43. The molecule has 11 heavy (non-hydrogen) atoms. The third-order valence-corrected chi connectivity index (χ3v) is 2.71. The number of piperidine rings is 1. The van der Waals surface area contributed by atoms with Crippen molar-refractivity contribution >= 4 is 0 Å². The van der Waals surface area contributed by atoms with Crippen molar-refractivity contribution in [3.05, 3.63) is 0 Å². The van der Waals surface area contributed by atoms with Gasteiger partial charge < -0.3 is 10.0 Å². The Kier molecular flexibility index (Phi) is 2.90. The van der Waals surface area contributed by atoms with E-state index in [2.05, 4.69) is 11.9 Å². The fraction of sp³-hybridized carbons (Fsp3) is 1.00. The van der Waals surface area contributed by atoms with Crippen molar-refractivity contribution in [2.75, 3.05) is 13.6 Å². The van der Waals surface area contributed by atoms with E-state index >= 15 is 0 Å². The van der Waals surface area contributed by atoms with E-state index in [-0.39, 0.29) is 6.10 Å². The molecule has 0 spiro atoms. The molecule has 2 bridgehead atoms. The summed E-state index contributed by atoms with van der Waals surface area (Å²) in [4.78, 5) is 2.28.